The Balaban J connectivity index is 2.03. The lowest BCUT2D eigenvalue weighted by Gasteiger charge is -2.08. The molecule has 1 heterocycles. The Morgan fingerprint density at radius 3 is 2.29 bits per heavy atom. The van der Waals surface area contributed by atoms with Crippen molar-refractivity contribution in [1.29, 1.82) is 0 Å². The van der Waals surface area contributed by atoms with Crippen molar-refractivity contribution in [2.45, 2.75) is 4.90 Å². The zero-order chi connectivity index (χ0) is 17.5. The van der Waals surface area contributed by atoms with Crippen LogP contribution in [0.15, 0.2) is 56.6 Å². The van der Waals surface area contributed by atoms with Crippen molar-refractivity contribution in [3.63, 3.8) is 0 Å². The van der Waals surface area contributed by atoms with Crippen molar-refractivity contribution >= 4 is 21.1 Å². The fraction of sp³-hybridized carbons (Fsp3) is 0. The van der Waals surface area contributed by atoms with Gasteiger partial charge in [0.05, 0.1) is 0 Å². The van der Waals surface area contributed by atoms with Crippen LogP contribution in [0.3, 0.4) is 0 Å². The number of hydrogen-bond donors (Lipinski definition) is 0. The van der Waals surface area contributed by atoms with E-state index in [1.807, 2.05) is 0 Å². The molecule has 9 heteroatoms. The fourth-order valence-corrected chi connectivity index (χ4v) is 2.95. The van der Waals surface area contributed by atoms with E-state index in [0.29, 0.717) is 5.39 Å². The molecule has 0 fully saturated rings. The average molecular weight is 356 g/mol. The van der Waals surface area contributed by atoms with Gasteiger partial charge in [0.2, 0.25) is 0 Å². The Labute approximate surface area is 133 Å². The van der Waals surface area contributed by atoms with Crippen molar-refractivity contribution < 1.29 is 30.2 Å². The van der Waals surface area contributed by atoms with Gasteiger partial charge in [-0.1, -0.05) is 0 Å². The zero-order valence-electron chi connectivity index (χ0n) is 11.6. The van der Waals surface area contributed by atoms with E-state index in [0.717, 1.165) is 6.07 Å². The summed E-state index contributed by atoms with van der Waals surface area (Å²) < 4.78 is 73.3. The van der Waals surface area contributed by atoms with Crippen molar-refractivity contribution in [2.75, 3.05) is 0 Å². The quantitative estimate of drug-likeness (QED) is 0.410. The molecule has 0 spiro atoms. The molecule has 0 radical (unpaired) electrons. The third-order valence-electron chi connectivity index (χ3n) is 3.04. The largest absolute Gasteiger partial charge is 0.423 e. The maximum absolute atomic E-state index is 13.6. The van der Waals surface area contributed by atoms with Gasteiger partial charge in [-0.3, -0.25) is 0 Å². The van der Waals surface area contributed by atoms with Crippen LogP contribution < -0.4 is 9.81 Å². The number of rotatable bonds is 3. The lowest BCUT2D eigenvalue weighted by molar-refractivity contribution is 0.459. The first-order valence-electron chi connectivity index (χ1n) is 6.39. The first-order chi connectivity index (χ1) is 11.3. The maximum Gasteiger partial charge on any atom is 0.342 e. The van der Waals surface area contributed by atoms with Gasteiger partial charge in [0.25, 0.3) is 0 Å². The molecular weight excluding hydrogens is 349 g/mol. The van der Waals surface area contributed by atoms with Crippen LogP contribution in [0, 0.1) is 17.5 Å². The third-order valence-corrected chi connectivity index (χ3v) is 4.31. The molecule has 0 saturated heterocycles. The molecule has 0 saturated carbocycles. The first-order valence-corrected chi connectivity index (χ1v) is 7.80. The van der Waals surface area contributed by atoms with Gasteiger partial charge in [0, 0.05) is 29.7 Å². The number of benzene rings is 2. The Hall–Kier alpha value is -2.81. The van der Waals surface area contributed by atoms with Crippen molar-refractivity contribution in [3.8, 4) is 5.75 Å². The van der Waals surface area contributed by atoms with Crippen LogP contribution in [-0.4, -0.2) is 8.42 Å². The van der Waals surface area contributed by atoms with E-state index in [1.54, 1.807) is 0 Å². The highest BCUT2D eigenvalue weighted by Gasteiger charge is 2.24. The molecule has 124 valence electrons. The second-order valence-electron chi connectivity index (χ2n) is 4.69. The molecular formula is C15H7F3O5S. The van der Waals surface area contributed by atoms with Crippen molar-refractivity contribution in [1.82, 2.24) is 0 Å². The number of hydrogen-bond acceptors (Lipinski definition) is 5. The Bertz CT molecular complexity index is 1110. The Morgan fingerprint density at radius 2 is 1.54 bits per heavy atom. The van der Waals surface area contributed by atoms with Crippen LogP contribution in [0.2, 0.25) is 0 Å². The van der Waals surface area contributed by atoms with Crippen LogP contribution >= 0.6 is 0 Å². The average Bonchev–Trinajstić information content (AvgIpc) is 2.50. The van der Waals surface area contributed by atoms with Crippen molar-refractivity contribution in [2.24, 2.45) is 0 Å². The van der Waals surface area contributed by atoms with Gasteiger partial charge in [-0.25, -0.2) is 18.0 Å². The van der Waals surface area contributed by atoms with E-state index in [4.69, 9.17) is 8.60 Å². The standard InChI is InChI=1S/C15H7F3O5S/c16-10-6-12(18)14(7-11(10)17)24(20,21)23-9-3-1-8-2-4-15(19)22-13(8)5-9/h1-7H. The van der Waals surface area contributed by atoms with Crippen LogP contribution in [0.1, 0.15) is 0 Å². The third kappa shape index (κ3) is 2.98. The predicted molar refractivity (Wildman–Crippen MR) is 76.6 cm³/mol. The van der Waals surface area contributed by atoms with E-state index < -0.39 is 38.1 Å². The fourth-order valence-electron chi connectivity index (χ4n) is 1.96. The highest BCUT2D eigenvalue weighted by atomic mass is 32.2. The van der Waals surface area contributed by atoms with E-state index in [9.17, 15) is 26.4 Å². The molecule has 0 atom stereocenters. The summed E-state index contributed by atoms with van der Waals surface area (Å²) in [5.74, 6) is -4.86. The lowest BCUT2D eigenvalue weighted by Crippen LogP contribution is -2.12. The molecule has 5 nitrogen and oxygen atoms in total. The van der Waals surface area contributed by atoms with E-state index in [-0.39, 0.29) is 23.5 Å². The van der Waals surface area contributed by atoms with Gasteiger partial charge in [0.15, 0.2) is 11.6 Å². The van der Waals surface area contributed by atoms with Gasteiger partial charge in [-0.15, -0.1) is 0 Å². The first kappa shape index (κ1) is 16.1. The summed E-state index contributed by atoms with van der Waals surface area (Å²) in [6.07, 6.45) is 0. The monoisotopic (exact) mass is 356 g/mol. The normalized spacial score (nSPS) is 11.6. The lowest BCUT2D eigenvalue weighted by atomic mass is 10.2. The highest BCUT2D eigenvalue weighted by Crippen LogP contribution is 2.25. The topological polar surface area (TPSA) is 73.6 Å². The van der Waals surface area contributed by atoms with E-state index in [1.165, 1.54) is 24.3 Å². The van der Waals surface area contributed by atoms with Gasteiger partial charge in [0.1, 0.15) is 22.0 Å². The highest BCUT2D eigenvalue weighted by molar-refractivity contribution is 7.87. The molecule has 0 unspecified atom stereocenters. The zero-order valence-corrected chi connectivity index (χ0v) is 12.4. The molecule has 0 aliphatic heterocycles. The Morgan fingerprint density at radius 1 is 0.875 bits per heavy atom. The van der Waals surface area contributed by atoms with Crippen LogP contribution in [0.25, 0.3) is 11.0 Å². The van der Waals surface area contributed by atoms with Crippen LogP contribution in [0.4, 0.5) is 13.2 Å². The SMILES string of the molecule is O=c1ccc2ccc(OS(=O)(=O)c3cc(F)c(F)cc3F)cc2o1. The summed E-state index contributed by atoms with van der Waals surface area (Å²) in [7, 11) is -4.76. The van der Waals surface area contributed by atoms with Crippen LogP contribution in [-0.2, 0) is 10.1 Å². The number of fused-ring (bicyclic) bond motifs is 1. The van der Waals surface area contributed by atoms with Crippen LogP contribution in [0.5, 0.6) is 5.75 Å². The van der Waals surface area contributed by atoms with Gasteiger partial charge in [-0.05, 0) is 18.2 Å². The summed E-state index contributed by atoms with van der Waals surface area (Å²) in [4.78, 5) is 10.0. The molecule has 0 aliphatic carbocycles. The molecule has 0 amide bonds. The molecule has 0 N–H and O–H groups in total. The maximum atomic E-state index is 13.6. The molecule has 3 rings (SSSR count). The van der Waals surface area contributed by atoms with E-state index >= 15 is 0 Å². The van der Waals surface area contributed by atoms with E-state index in [2.05, 4.69) is 0 Å². The number of halogens is 3. The summed E-state index contributed by atoms with van der Waals surface area (Å²) in [6, 6.07) is 6.66. The van der Waals surface area contributed by atoms with Gasteiger partial charge < -0.3 is 8.60 Å². The second kappa shape index (κ2) is 5.68. The predicted octanol–water partition coefficient (Wildman–Crippen LogP) is 2.98. The summed E-state index contributed by atoms with van der Waals surface area (Å²) in [5.41, 5.74) is -0.616. The minimum atomic E-state index is -4.76. The molecule has 0 bridgehead atoms. The molecule has 2 aromatic carbocycles. The molecule has 0 aliphatic rings. The van der Waals surface area contributed by atoms with Gasteiger partial charge in [-0.2, -0.15) is 8.42 Å². The second-order valence-corrected chi connectivity index (χ2v) is 6.20. The smallest absolute Gasteiger partial charge is 0.342 e. The molecule has 24 heavy (non-hydrogen) atoms. The molecule has 1 aromatic heterocycles. The minimum Gasteiger partial charge on any atom is -0.423 e. The van der Waals surface area contributed by atoms with Crippen molar-refractivity contribution in [3.05, 3.63) is 70.3 Å². The summed E-state index contributed by atoms with van der Waals surface area (Å²) in [6.45, 7) is 0. The Kier molecular flexibility index (Phi) is 3.80. The van der Waals surface area contributed by atoms with Gasteiger partial charge >= 0.3 is 15.7 Å². The minimum absolute atomic E-state index is 0.0426. The summed E-state index contributed by atoms with van der Waals surface area (Å²) in [5, 5.41) is 0.498. The molecule has 3 aromatic rings. The summed E-state index contributed by atoms with van der Waals surface area (Å²) >= 11 is 0.